The molecule has 178 valence electrons. The fraction of sp³-hybridized carbons (Fsp3) is 0.429. The van der Waals surface area contributed by atoms with E-state index >= 15 is 0 Å². The molecular formula is C21H25F2N5O5. The van der Waals surface area contributed by atoms with E-state index in [1.807, 2.05) is 0 Å². The summed E-state index contributed by atoms with van der Waals surface area (Å²) < 4.78 is 35.7. The molecule has 1 aromatic carbocycles. The first-order chi connectivity index (χ1) is 15.8. The average Bonchev–Trinajstić information content (AvgIpc) is 3.51. The van der Waals surface area contributed by atoms with Gasteiger partial charge in [0.05, 0.1) is 19.9 Å². The van der Waals surface area contributed by atoms with Crippen molar-refractivity contribution in [3.63, 3.8) is 0 Å². The molecule has 2 heterocycles. The molecule has 0 bridgehead atoms. The summed E-state index contributed by atoms with van der Waals surface area (Å²) in [5.41, 5.74) is 0.195. The number of likely N-dealkylation sites (tertiary alicyclic amines) is 1. The zero-order chi connectivity index (χ0) is 24.0. The number of nitrogens with one attached hydrogen (secondary N) is 2. The Balaban J connectivity index is 1.87. The monoisotopic (exact) mass is 465 g/mol. The van der Waals surface area contributed by atoms with Gasteiger partial charge in [-0.25, -0.2) is 4.98 Å². The van der Waals surface area contributed by atoms with Crippen LogP contribution in [0.4, 0.5) is 8.78 Å². The number of carbonyl (C=O) groups excluding carboxylic acids is 3. The van der Waals surface area contributed by atoms with E-state index in [1.54, 1.807) is 11.0 Å². The maximum absolute atomic E-state index is 13.2. The summed E-state index contributed by atoms with van der Waals surface area (Å²) in [5.74, 6) is -1.60. The van der Waals surface area contributed by atoms with Crippen LogP contribution in [0.25, 0.3) is 0 Å². The molecular weight excluding hydrogens is 440 g/mol. The van der Waals surface area contributed by atoms with E-state index < -0.39 is 18.4 Å². The highest BCUT2D eigenvalue weighted by atomic mass is 19.3. The zero-order valence-electron chi connectivity index (χ0n) is 18.3. The Kier molecular flexibility index (Phi) is 7.80. The van der Waals surface area contributed by atoms with Crippen LogP contribution in [0.15, 0.2) is 24.4 Å². The van der Waals surface area contributed by atoms with Crippen molar-refractivity contribution in [2.45, 2.75) is 26.0 Å². The molecule has 0 atom stereocenters. The SMILES string of the molecule is CNC(=O)CN(Cc1cccc(OC)c1OC(F)F)C(=O)c1cnc(C(=O)N2CCCC2)[nH]1. The lowest BCUT2D eigenvalue weighted by Gasteiger charge is -2.23. The number of rotatable bonds is 9. The molecule has 0 spiro atoms. The largest absolute Gasteiger partial charge is 0.493 e. The first-order valence-corrected chi connectivity index (χ1v) is 10.3. The van der Waals surface area contributed by atoms with E-state index in [1.165, 1.54) is 32.5 Å². The van der Waals surface area contributed by atoms with Gasteiger partial charge in [-0.3, -0.25) is 14.4 Å². The molecule has 0 saturated carbocycles. The number of ether oxygens (including phenoxy) is 2. The second kappa shape index (κ2) is 10.7. The van der Waals surface area contributed by atoms with Gasteiger partial charge in [0.25, 0.3) is 11.8 Å². The van der Waals surface area contributed by atoms with E-state index in [9.17, 15) is 23.2 Å². The molecule has 2 N–H and O–H groups in total. The van der Waals surface area contributed by atoms with Crippen LogP contribution in [0.1, 0.15) is 39.5 Å². The fourth-order valence-corrected chi connectivity index (χ4v) is 3.51. The van der Waals surface area contributed by atoms with Gasteiger partial charge in [0.2, 0.25) is 5.91 Å². The lowest BCUT2D eigenvalue weighted by atomic mass is 10.1. The molecule has 33 heavy (non-hydrogen) atoms. The van der Waals surface area contributed by atoms with Crippen LogP contribution in [0.5, 0.6) is 11.5 Å². The Morgan fingerprint density at radius 3 is 2.64 bits per heavy atom. The third-order valence-corrected chi connectivity index (χ3v) is 5.15. The quantitative estimate of drug-likeness (QED) is 0.582. The average molecular weight is 465 g/mol. The number of alkyl halides is 2. The summed E-state index contributed by atoms with van der Waals surface area (Å²) in [5, 5.41) is 2.42. The van der Waals surface area contributed by atoms with Crippen molar-refractivity contribution in [2.24, 2.45) is 0 Å². The lowest BCUT2D eigenvalue weighted by Crippen LogP contribution is -2.39. The summed E-state index contributed by atoms with van der Waals surface area (Å²) >= 11 is 0. The van der Waals surface area contributed by atoms with E-state index in [0.717, 1.165) is 17.7 Å². The number of halogens is 2. The number of aromatic amines is 1. The minimum Gasteiger partial charge on any atom is -0.493 e. The van der Waals surface area contributed by atoms with Gasteiger partial charge in [-0.2, -0.15) is 8.78 Å². The van der Waals surface area contributed by atoms with Gasteiger partial charge in [-0.05, 0) is 18.9 Å². The van der Waals surface area contributed by atoms with Crippen LogP contribution >= 0.6 is 0 Å². The minimum atomic E-state index is -3.12. The van der Waals surface area contributed by atoms with Crippen molar-refractivity contribution in [1.82, 2.24) is 25.1 Å². The smallest absolute Gasteiger partial charge is 0.387 e. The number of aromatic nitrogens is 2. The van der Waals surface area contributed by atoms with E-state index in [2.05, 4.69) is 20.0 Å². The number of carbonyl (C=O) groups is 3. The van der Waals surface area contributed by atoms with Gasteiger partial charge in [-0.15, -0.1) is 0 Å². The Labute approximate surface area is 188 Å². The first kappa shape index (κ1) is 24.0. The van der Waals surface area contributed by atoms with Crippen molar-refractivity contribution in [3.8, 4) is 11.5 Å². The number of hydrogen-bond donors (Lipinski definition) is 2. The molecule has 1 aliphatic rings. The Morgan fingerprint density at radius 2 is 2.00 bits per heavy atom. The maximum atomic E-state index is 13.2. The number of para-hydroxylation sites is 1. The summed E-state index contributed by atoms with van der Waals surface area (Å²) in [6, 6.07) is 4.48. The van der Waals surface area contributed by atoms with E-state index in [-0.39, 0.29) is 47.6 Å². The normalized spacial score (nSPS) is 13.2. The van der Waals surface area contributed by atoms with Gasteiger partial charge < -0.3 is 29.6 Å². The molecule has 1 fully saturated rings. The lowest BCUT2D eigenvalue weighted by molar-refractivity contribution is -0.121. The number of H-pyrrole nitrogens is 1. The number of imidazole rings is 1. The van der Waals surface area contributed by atoms with Crippen molar-refractivity contribution in [2.75, 3.05) is 33.8 Å². The van der Waals surface area contributed by atoms with Gasteiger partial charge in [0.15, 0.2) is 17.3 Å². The summed E-state index contributed by atoms with van der Waals surface area (Å²) in [7, 11) is 2.71. The van der Waals surface area contributed by atoms with Gasteiger partial charge in [-0.1, -0.05) is 12.1 Å². The summed E-state index contributed by atoms with van der Waals surface area (Å²) in [4.78, 5) is 47.3. The molecule has 1 aliphatic heterocycles. The third kappa shape index (κ3) is 5.76. The van der Waals surface area contributed by atoms with Crippen molar-refractivity contribution in [1.29, 1.82) is 0 Å². The maximum Gasteiger partial charge on any atom is 0.387 e. The summed E-state index contributed by atoms with van der Waals surface area (Å²) in [6.07, 6.45) is 3.02. The van der Waals surface area contributed by atoms with Crippen molar-refractivity contribution < 1.29 is 32.6 Å². The van der Waals surface area contributed by atoms with Crippen LogP contribution in [-0.4, -0.2) is 77.9 Å². The Hall–Kier alpha value is -3.70. The van der Waals surface area contributed by atoms with Crippen LogP contribution < -0.4 is 14.8 Å². The molecule has 3 amide bonds. The topological polar surface area (TPSA) is 117 Å². The predicted octanol–water partition coefficient (Wildman–Crippen LogP) is 1.64. The molecule has 10 nitrogen and oxygen atoms in total. The highest BCUT2D eigenvalue weighted by molar-refractivity contribution is 5.97. The van der Waals surface area contributed by atoms with Crippen LogP contribution in [0.2, 0.25) is 0 Å². The standard InChI is InChI=1S/C21H25F2N5O5/c1-24-16(29)12-28(11-13-6-5-7-15(32-2)17(13)33-21(22)23)19(30)14-10-25-18(26-14)20(31)27-8-3-4-9-27/h5-7,10,21H,3-4,8-9,11-12H2,1-2H3,(H,24,29)(H,25,26). The number of hydrogen-bond acceptors (Lipinski definition) is 6. The number of benzene rings is 1. The predicted molar refractivity (Wildman–Crippen MR) is 112 cm³/mol. The second-order valence-electron chi connectivity index (χ2n) is 7.31. The Bertz CT molecular complexity index is 1010. The number of nitrogens with zero attached hydrogens (tertiary/aromatic N) is 3. The second-order valence-corrected chi connectivity index (χ2v) is 7.31. The van der Waals surface area contributed by atoms with Crippen LogP contribution in [-0.2, 0) is 11.3 Å². The van der Waals surface area contributed by atoms with Crippen LogP contribution in [0, 0.1) is 0 Å². The first-order valence-electron chi connectivity index (χ1n) is 10.3. The molecule has 12 heteroatoms. The highest BCUT2D eigenvalue weighted by Crippen LogP contribution is 2.33. The highest BCUT2D eigenvalue weighted by Gasteiger charge is 2.27. The Morgan fingerprint density at radius 1 is 1.27 bits per heavy atom. The molecule has 0 aliphatic carbocycles. The van der Waals surface area contributed by atoms with Crippen LogP contribution in [0.3, 0.4) is 0 Å². The third-order valence-electron chi connectivity index (χ3n) is 5.15. The summed E-state index contributed by atoms with van der Waals surface area (Å²) in [6.45, 7) is -2.48. The van der Waals surface area contributed by atoms with Gasteiger partial charge >= 0.3 is 6.61 Å². The minimum absolute atomic E-state index is 0.0133. The molecule has 1 saturated heterocycles. The molecule has 0 radical (unpaired) electrons. The number of methoxy groups -OCH3 is 1. The fourth-order valence-electron chi connectivity index (χ4n) is 3.51. The van der Waals surface area contributed by atoms with E-state index in [0.29, 0.717) is 13.1 Å². The van der Waals surface area contributed by atoms with Gasteiger partial charge in [0, 0.05) is 25.7 Å². The van der Waals surface area contributed by atoms with Crippen molar-refractivity contribution in [3.05, 3.63) is 41.5 Å². The van der Waals surface area contributed by atoms with E-state index in [4.69, 9.17) is 4.74 Å². The number of likely N-dealkylation sites (N-methyl/N-ethyl adjacent to an activating group) is 1. The van der Waals surface area contributed by atoms with Gasteiger partial charge in [0.1, 0.15) is 12.2 Å². The van der Waals surface area contributed by atoms with Crippen molar-refractivity contribution >= 4 is 17.7 Å². The zero-order valence-corrected chi connectivity index (χ0v) is 18.3. The molecule has 1 aromatic heterocycles. The molecule has 3 rings (SSSR count). The number of amides is 3. The molecule has 2 aromatic rings. The molecule has 0 unspecified atom stereocenters.